The van der Waals surface area contributed by atoms with Crippen molar-refractivity contribution in [3.63, 3.8) is 0 Å². The Bertz CT molecular complexity index is 1740. The molecule has 11 heteroatoms. The molecule has 0 saturated heterocycles. The molecule has 11 nitrogen and oxygen atoms in total. The van der Waals surface area contributed by atoms with Gasteiger partial charge in [-0.3, -0.25) is 9.59 Å². The predicted octanol–water partition coefficient (Wildman–Crippen LogP) is 6.84. The SMILES string of the molecule is CCCCCCCOc1ccc(C(=O)Oc2ccc(CC(NC(=O)c3cccc(NC(=O)COCc4ccccc4)c3)C(=O)O)cc2OC)cc1. The van der Waals surface area contributed by atoms with Crippen LogP contribution in [0.2, 0.25) is 0 Å². The summed E-state index contributed by atoms with van der Waals surface area (Å²) in [5.74, 6) is -1.85. The summed E-state index contributed by atoms with van der Waals surface area (Å²) >= 11 is 0. The quantitative estimate of drug-likeness (QED) is 0.0513. The molecule has 0 aliphatic carbocycles. The summed E-state index contributed by atoms with van der Waals surface area (Å²) in [6.07, 6.45) is 5.61. The van der Waals surface area contributed by atoms with Crippen LogP contribution in [0, 0.1) is 0 Å². The van der Waals surface area contributed by atoms with Crippen molar-refractivity contribution in [2.45, 2.75) is 58.1 Å². The van der Waals surface area contributed by atoms with Gasteiger partial charge in [0.2, 0.25) is 5.91 Å². The van der Waals surface area contributed by atoms with Gasteiger partial charge in [-0.1, -0.05) is 75.1 Å². The van der Waals surface area contributed by atoms with Gasteiger partial charge in [-0.05, 0) is 72.1 Å². The third-order valence-corrected chi connectivity index (χ3v) is 7.83. The van der Waals surface area contributed by atoms with Gasteiger partial charge in [0, 0.05) is 17.7 Å². The van der Waals surface area contributed by atoms with Crippen molar-refractivity contribution in [3.8, 4) is 17.2 Å². The van der Waals surface area contributed by atoms with E-state index in [9.17, 15) is 24.3 Å². The first-order chi connectivity index (χ1) is 24.7. The largest absolute Gasteiger partial charge is 0.494 e. The zero-order valence-electron chi connectivity index (χ0n) is 28.9. The number of esters is 1. The van der Waals surface area contributed by atoms with Crippen LogP contribution in [-0.2, 0) is 27.4 Å². The number of carboxylic acids is 1. The van der Waals surface area contributed by atoms with Crippen LogP contribution in [0.4, 0.5) is 5.69 Å². The maximum atomic E-state index is 13.1. The number of carbonyl (C=O) groups excluding carboxylic acids is 3. The second-order valence-electron chi connectivity index (χ2n) is 11.8. The van der Waals surface area contributed by atoms with Crippen molar-refractivity contribution in [2.24, 2.45) is 0 Å². The van der Waals surface area contributed by atoms with E-state index in [-0.39, 0.29) is 36.7 Å². The number of amides is 2. The molecule has 4 rings (SSSR count). The number of nitrogens with one attached hydrogen (secondary N) is 2. The zero-order valence-corrected chi connectivity index (χ0v) is 28.9. The van der Waals surface area contributed by atoms with Crippen molar-refractivity contribution in [1.29, 1.82) is 0 Å². The Morgan fingerprint density at radius 1 is 0.765 bits per heavy atom. The summed E-state index contributed by atoms with van der Waals surface area (Å²) in [7, 11) is 1.41. The molecule has 0 fully saturated rings. The molecule has 0 radical (unpaired) electrons. The van der Waals surface area contributed by atoms with Gasteiger partial charge < -0.3 is 34.7 Å². The highest BCUT2D eigenvalue weighted by Gasteiger charge is 2.23. The van der Waals surface area contributed by atoms with Gasteiger partial charge in [-0.25, -0.2) is 9.59 Å². The van der Waals surface area contributed by atoms with Crippen LogP contribution in [0.1, 0.15) is 70.9 Å². The summed E-state index contributed by atoms with van der Waals surface area (Å²) in [5, 5.41) is 15.1. The van der Waals surface area contributed by atoms with E-state index >= 15 is 0 Å². The fourth-order valence-electron chi connectivity index (χ4n) is 5.11. The molecule has 268 valence electrons. The topological polar surface area (TPSA) is 149 Å². The predicted molar refractivity (Wildman–Crippen MR) is 192 cm³/mol. The Kier molecular flexibility index (Phi) is 15.0. The Morgan fingerprint density at radius 3 is 2.25 bits per heavy atom. The molecule has 4 aromatic rings. The number of hydrogen-bond donors (Lipinski definition) is 3. The summed E-state index contributed by atoms with van der Waals surface area (Å²) in [6.45, 7) is 2.88. The number of anilines is 1. The van der Waals surface area contributed by atoms with Crippen molar-refractivity contribution in [1.82, 2.24) is 5.32 Å². The van der Waals surface area contributed by atoms with E-state index in [1.54, 1.807) is 48.5 Å². The lowest BCUT2D eigenvalue weighted by Crippen LogP contribution is -2.42. The Labute approximate surface area is 297 Å². The molecule has 0 saturated carbocycles. The zero-order chi connectivity index (χ0) is 36.4. The molecule has 2 amide bonds. The fourth-order valence-corrected chi connectivity index (χ4v) is 5.11. The van der Waals surface area contributed by atoms with Crippen LogP contribution in [0.25, 0.3) is 0 Å². The van der Waals surface area contributed by atoms with Gasteiger partial charge in [0.1, 0.15) is 18.4 Å². The number of methoxy groups -OCH3 is 1. The van der Waals surface area contributed by atoms with Gasteiger partial charge in [0.15, 0.2) is 11.5 Å². The lowest BCUT2D eigenvalue weighted by Gasteiger charge is -2.17. The molecule has 1 atom stereocenters. The van der Waals surface area contributed by atoms with E-state index in [4.69, 9.17) is 18.9 Å². The molecular weight excluding hydrogens is 652 g/mol. The number of ether oxygens (including phenoxy) is 4. The molecule has 3 N–H and O–H groups in total. The second kappa shape index (κ2) is 20.1. The van der Waals surface area contributed by atoms with E-state index in [0.717, 1.165) is 18.4 Å². The van der Waals surface area contributed by atoms with E-state index in [0.29, 0.717) is 29.2 Å². The molecule has 1 unspecified atom stereocenters. The Morgan fingerprint density at radius 2 is 1.53 bits per heavy atom. The Hall–Kier alpha value is -5.68. The molecule has 0 spiro atoms. The average Bonchev–Trinajstić information content (AvgIpc) is 3.14. The minimum Gasteiger partial charge on any atom is -0.494 e. The molecule has 0 aliphatic heterocycles. The molecule has 51 heavy (non-hydrogen) atoms. The lowest BCUT2D eigenvalue weighted by atomic mass is 10.0. The van der Waals surface area contributed by atoms with Crippen molar-refractivity contribution in [3.05, 3.63) is 119 Å². The smallest absolute Gasteiger partial charge is 0.343 e. The number of unbranched alkanes of at least 4 members (excludes halogenated alkanes) is 4. The first-order valence-electron chi connectivity index (χ1n) is 16.9. The number of benzene rings is 4. The van der Waals surface area contributed by atoms with Gasteiger partial charge in [0.25, 0.3) is 5.91 Å². The van der Waals surface area contributed by atoms with Crippen LogP contribution in [-0.4, -0.2) is 55.2 Å². The average molecular weight is 697 g/mol. The standard InChI is InChI=1S/C40H44N2O9/c1-3-4-5-6-10-22-50-33-19-17-30(18-20-33)40(47)51-35-21-16-29(24-36(35)48-2)23-34(39(45)46)42-38(44)31-14-11-15-32(25-31)41-37(43)27-49-26-28-12-8-7-9-13-28/h7-9,11-21,24-25,34H,3-6,10,22-23,26-27H2,1-2H3,(H,41,43)(H,42,44)(H,45,46). The van der Waals surface area contributed by atoms with Crippen LogP contribution in [0.15, 0.2) is 97.1 Å². The second-order valence-corrected chi connectivity index (χ2v) is 11.8. The summed E-state index contributed by atoms with van der Waals surface area (Å²) in [6, 6.07) is 25.6. The van der Waals surface area contributed by atoms with E-state index in [1.807, 2.05) is 30.3 Å². The summed E-state index contributed by atoms with van der Waals surface area (Å²) in [4.78, 5) is 50.5. The number of carboxylic acid groups (broad SMARTS) is 1. The molecule has 4 aromatic carbocycles. The van der Waals surface area contributed by atoms with Crippen LogP contribution >= 0.6 is 0 Å². The van der Waals surface area contributed by atoms with Crippen molar-refractivity contribution in [2.75, 3.05) is 25.6 Å². The van der Waals surface area contributed by atoms with Crippen LogP contribution in [0.3, 0.4) is 0 Å². The molecule has 0 bridgehead atoms. The third kappa shape index (κ3) is 12.6. The third-order valence-electron chi connectivity index (χ3n) is 7.83. The summed E-state index contributed by atoms with van der Waals surface area (Å²) in [5.41, 5.74) is 2.29. The van der Waals surface area contributed by atoms with Crippen molar-refractivity contribution < 1.29 is 43.2 Å². The van der Waals surface area contributed by atoms with Crippen molar-refractivity contribution >= 4 is 29.4 Å². The van der Waals surface area contributed by atoms with Gasteiger partial charge in [-0.15, -0.1) is 0 Å². The van der Waals surface area contributed by atoms with Crippen LogP contribution in [0.5, 0.6) is 17.2 Å². The maximum Gasteiger partial charge on any atom is 0.343 e. The minimum atomic E-state index is -1.29. The maximum absolute atomic E-state index is 13.1. The monoisotopic (exact) mass is 696 g/mol. The van der Waals surface area contributed by atoms with Gasteiger partial charge in [-0.2, -0.15) is 0 Å². The highest BCUT2D eigenvalue weighted by atomic mass is 16.6. The summed E-state index contributed by atoms with van der Waals surface area (Å²) < 4.78 is 22.2. The fraction of sp³-hybridized carbons (Fsp3) is 0.300. The number of carbonyl (C=O) groups is 4. The highest BCUT2D eigenvalue weighted by molar-refractivity contribution is 5.99. The molecule has 0 aromatic heterocycles. The first kappa shape index (κ1) is 38.1. The lowest BCUT2D eigenvalue weighted by molar-refractivity contribution is -0.139. The molecule has 0 heterocycles. The van der Waals surface area contributed by atoms with Gasteiger partial charge >= 0.3 is 11.9 Å². The van der Waals surface area contributed by atoms with Gasteiger partial charge in [0.05, 0.1) is 25.9 Å². The van der Waals surface area contributed by atoms with E-state index in [2.05, 4.69) is 17.6 Å². The molecule has 0 aliphatic rings. The first-order valence-corrected chi connectivity index (χ1v) is 16.9. The Balaban J connectivity index is 1.30. The molecular formula is C40H44N2O9. The number of hydrogen-bond acceptors (Lipinski definition) is 8. The number of aliphatic carboxylic acids is 1. The van der Waals surface area contributed by atoms with Crippen LogP contribution < -0.4 is 24.8 Å². The van der Waals surface area contributed by atoms with E-state index in [1.165, 1.54) is 44.6 Å². The highest BCUT2D eigenvalue weighted by Crippen LogP contribution is 2.30. The number of rotatable bonds is 20. The normalized spacial score (nSPS) is 11.3. The minimum absolute atomic E-state index is 0.0824. The van der Waals surface area contributed by atoms with E-state index < -0.39 is 29.8 Å².